The van der Waals surface area contributed by atoms with Gasteiger partial charge in [-0.25, -0.2) is 0 Å². The maximum absolute atomic E-state index is 6.24. The van der Waals surface area contributed by atoms with Crippen molar-refractivity contribution in [3.05, 3.63) is 33.4 Å². The summed E-state index contributed by atoms with van der Waals surface area (Å²) in [5.74, 6) is 0. The van der Waals surface area contributed by atoms with Crippen LogP contribution in [0, 0.1) is 5.41 Å². The Kier molecular flexibility index (Phi) is 2.46. The zero-order valence-corrected chi connectivity index (χ0v) is 11.5. The van der Waals surface area contributed by atoms with Crippen LogP contribution >= 0.6 is 23.2 Å². The molecule has 1 N–H and O–H groups in total. The van der Waals surface area contributed by atoms with E-state index in [2.05, 4.69) is 18.8 Å². The Morgan fingerprint density at radius 2 is 2.00 bits per heavy atom. The SMILES string of the molecule is CC1(C)CCc2[nH]c3c(Cl)cc(Cl)cc3c2C1. The van der Waals surface area contributed by atoms with Crippen LogP contribution in [0.2, 0.25) is 10.0 Å². The van der Waals surface area contributed by atoms with Crippen LogP contribution in [0.1, 0.15) is 31.5 Å². The molecule has 0 atom stereocenters. The summed E-state index contributed by atoms with van der Waals surface area (Å²) in [7, 11) is 0. The fourth-order valence-electron chi connectivity index (χ4n) is 2.77. The van der Waals surface area contributed by atoms with Crippen LogP contribution in [-0.4, -0.2) is 4.98 Å². The van der Waals surface area contributed by atoms with Gasteiger partial charge in [0.1, 0.15) is 0 Å². The molecule has 0 fully saturated rings. The molecule has 1 aliphatic rings. The first-order valence-electron chi connectivity index (χ1n) is 5.95. The first-order valence-corrected chi connectivity index (χ1v) is 6.70. The fourth-order valence-corrected chi connectivity index (χ4v) is 3.31. The lowest BCUT2D eigenvalue weighted by Crippen LogP contribution is -2.21. The van der Waals surface area contributed by atoms with Gasteiger partial charge in [0, 0.05) is 16.1 Å². The average molecular weight is 268 g/mol. The van der Waals surface area contributed by atoms with Crippen LogP contribution < -0.4 is 0 Å². The first kappa shape index (κ1) is 11.4. The monoisotopic (exact) mass is 267 g/mol. The number of fused-ring (bicyclic) bond motifs is 3. The Morgan fingerprint density at radius 3 is 2.76 bits per heavy atom. The molecule has 1 nitrogen and oxygen atoms in total. The Morgan fingerprint density at radius 1 is 1.24 bits per heavy atom. The number of hydrogen-bond acceptors (Lipinski definition) is 0. The molecule has 1 aliphatic carbocycles. The quantitative estimate of drug-likeness (QED) is 0.692. The van der Waals surface area contributed by atoms with E-state index in [9.17, 15) is 0 Å². The van der Waals surface area contributed by atoms with E-state index < -0.39 is 0 Å². The molecule has 0 bridgehead atoms. The van der Waals surface area contributed by atoms with Crippen LogP contribution in [0.3, 0.4) is 0 Å². The lowest BCUT2D eigenvalue weighted by atomic mass is 9.76. The fraction of sp³-hybridized carbons (Fsp3) is 0.429. The van der Waals surface area contributed by atoms with Gasteiger partial charge in [-0.1, -0.05) is 37.0 Å². The molecule has 1 aromatic heterocycles. The van der Waals surface area contributed by atoms with Crippen LogP contribution in [-0.2, 0) is 12.8 Å². The van der Waals surface area contributed by atoms with E-state index in [0.29, 0.717) is 10.4 Å². The molecular formula is C14H15Cl2N. The molecule has 0 saturated heterocycles. The highest BCUT2D eigenvalue weighted by Crippen LogP contribution is 2.40. The van der Waals surface area contributed by atoms with E-state index in [1.807, 2.05) is 6.07 Å². The molecule has 0 spiro atoms. The maximum atomic E-state index is 6.24. The van der Waals surface area contributed by atoms with Crippen LogP contribution in [0.15, 0.2) is 12.1 Å². The lowest BCUT2D eigenvalue weighted by molar-refractivity contribution is 0.315. The third-order valence-corrected chi connectivity index (χ3v) is 4.24. The second kappa shape index (κ2) is 3.66. The molecule has 0 unspecified atom stereocenters. The number of nitrogens with one attached hydrogen (secondary N) is 1. The van der Waals surface area contributed by atoms with Crippen molar-refractivity contribution in [2.75, 3.05) is 0 Å². The number of benzene rings is 1. The third-order valence-electron chi connectivity index (χ3n) is 3.73. The van der Waals surface area contributed by atoms with Gasteiger partial charge in [-0.15, -0.1) is 0 Å². The number of aryl methyl sites for hydroxylation is 1. The highest BCUT2D eigenvalue weighted by molar-refractivity contribution is 6.38. The number of halogens is 2. The summed E-state index contributed by atoms with van der Waals surface area (Å²) in [4.78, 5) is 3.46. The topological polar surface area (TPSA) is 15.8 Å². The van der Waals surface area contributed by atoms with Gasteiger partial charge in [-0.2, -0.15) is 0 Å². The van der Waals surface area contributed by atoms with Crippen molar-refractivity contribution in [1.82, 2.24) is 4.98 Å². The summed E-state index contributed by atoms with van der Waals surface area (Å²) in [6.07, 6.45) is 3.42. The van der Waals surface area contributed by atoms with Gasteiger partial charge in [-0.3, -0.25) is 0 Å². The molecular weight excluding hydrogens is 253 g/mol. The van der Waals surface area contributed by atoms with Gasteiger partial charge in [0.2, 0.25) is 0 Å². The molecule has 0 aliphatic heterocycles. The zero-order chi connectivity index (χ0) is 12.2. The molecule has 17 heavy (non-hydrogen) atoms. The van der Waals surface area contributed by atoms with E-state index in [0.717, 1.165) is 23.4 Å². The summed E-state index contributed by atoms with van der Waals surface area (Å²) < 4.78 is 0. The van der Waals surface area contributed by atoms with Crippen molar-refractivity contribution >= 4 is 34.1 Å². The van der Waals surface area contributed by atoms with E-state index >= 15 is 0 Å². The second-order valence-corrected chi connectivity index (χ2v) is 6.58. The molecule has 90 valence electrons. The van der Waals surface area contributed by atoms with Crippen molar-refractivity contribution in [3.63, 3.8) is 0 Å². The predicted molar refractivity (Wildman–Crippen MR) is 74.1 cm³/mol. The molecule has 3 heteroatoms. The van der Waals surface area contributed by atoms with Crippen molar-refractivity contribution in [3.8, 4) is 0 Å². The number of rotatable bonds is 0. The average Bonchev–Trinajstić information content (AvgIpc) is 2.55. The summed E-state index contributed by atoms with van der Waals surface area (Å²) in [6.45, 7) is 4.64. The number of H-pyrrole nitrogens is 1. The highest BCUT2D eigenvalue weighted by atomic mass is 35.5. The number of aromatic amines is 1. The minimum absolute atomic E-state index is 0.372. The summed E-state index contributed by atoms with van der Waals surface area (Å²) in [5.41, 5.74) is 4.15. The third kappa shape index (κ3) is 1.86. The van der Waals surface area contributed by atoms with Gasteiger partial charge < -0.3 is 4.98 Å². The van der Waals surface area contributed by atoms with Crippen LogP contribution in [0.25, 0.3) is 10.9 Å². The Balaban J connectivity index is 2.28. The van der Waals surface area contributed by atoms with Crippen molar-refractivity contribution in [2.24, 2.45) is 5.41 Å². The van der Waals surface area contributed by atoms with Gasteiger partial charge in [0.25, 0.3) is 0 Å². The van der Waals surface area contributed by atoms with Crippen LogP contribution in [0.5, 0.6) is 0 Å². The minimum atomic E-state index is 0.372. The van der Waals surface area contributed by atoms with Crippen molar-refractivity contribution < 1.29 is 0 Å². The Hall–Kier alpha value is -0.660. The lowest BCUT2D eigenvalue weighted by Gasteiger charge is -2.29. The summed E-state index contributed by atoms with van der Waals surface area (Å²) >= 11 is 12.3. The van der Waals surface area contributed by atoms with Crippen LogP contribution in [0.4, 0.5) is 0 Å². The summed E-state index contributed by atoms with van der Waals surface area (Å²) in [5, 5.41) is 2.64. The Bertz CT molecular complexity index is 596. The zero-order valence-electron chi connectivity index (χ0n) is 10.0. The van der Waals surface area contributed by atoms with E-state index in [4.69, 9.17) is 23.2 Å². The largest absolute Gasteiger partial charge is 0.357 e. The molecule has 1 aromatic carbocycles. The second-order valence-electron chi connectivity index (χ2n) is 5.73. The van der Waals surface area contributed by atoms with E-state index in [1.165, 1.54) is 23.1 Å². The van der Waals surface area contributed by atoms with Gasteiger partial charge >= 0.3 is 0 Å². The molecule has 0 amide bonds. The predicted octanol–water partition coefficient (Wildman–Crippen LogP) is 4.99. The minimum Gasteiger partial charge on any atom is -0.357 e. The first-order chi connectivity index (χ1) is 7.96. The molecule has 3 rings (SSSR count). The summed E-state index contributed by atoms with van der Waals surface area (Å²) in [6, 6.07) is 3.83. The molecule has 1 heterocycles. The van der Waals surface area contributed by atoms with E-state index in [-0.39, 0.29) is 0 Å². The van der Waals surface area contributed by atoms with Gasteiger partial charge in [0.05, 0.1) is 10.5 Å². The normalized spacial score (nSPS) is 18.4. The Labute approximate surface area is 111 Å². The highest BCUT2D eigenvalue weighted by Gasteiger charge is 2.28. The number of hydrogen-bond donors (Lipinski definition) is 1. The smallest absolute Gasteiger partial charge is 0.0662 e. The molecule has 0 saturated carbocycles. The van der Waals surface area contributed by atoms with Crippen molar-refractivity contribution in [2.45, 2.75) is 33.1 Å². The molecule has 2 aromatic rings. The van der Waals surface area contributed by atoms with Crippen molar-refractivity contribution in [1.29, 1.82) is 0 Å². The number of aromatic nitrogens is 1. The maximum Gasteiger partial charge on any atom is 0.0662 e. The molecule has 0 radical (unpaired) electrons. The van der Waals surface area contributed by atoms with E-state index in [1.54, 1.807) is 6.07 Å². The van der Waals surface area contributed by atoms with Gasteiger partial charge in [0.15, 0.2) is 0 Å². The standard InChI is InChI=1S/C14H15Cl2N/c1-14(2)4-3-12-10(7-14)9-5-8(15)6-11(16)13(9)17-12/h5-6,17H,3-4,7H2,1-2H3. The van der Waals surface area contributed by atoms with Gasteiger partial charge in [-0.05, 0) is 42.4 Å².